The number of carbonyl (C=O) groups is 3. The molecule has 0 spiro atoms. The maximum atomic E-state index is 13.4. The average molecular weight is 601 g/mol. The van der Waals surface area contributed by atoms with Crippen molar-refractivity contribution in [2.75, 3.05) is 24.7 Å². The van der Waals surface area contributed by atoms with Crippen molar-refractivity contribution in [3.63, 3.8) is 0 Å². The molecule has 0 aliphatic carbocycles. The molecule has 2 N–H and O–H groups in total. The number of carbonyl (C=O) groups excluding carboxylic acids is 3. The fourth-order valence-electron chi connectivity index (χ4n) is 4.83. The molecule has 1 fully saturated rings. The van der Waals surface area contributed by atoms with E-state index in [9.17, 15) is 23.7 Å². The number of benzene rings is 2. The second-order valence-electron chi connectivity index (χ2n) is 10.6. The van der Waals surface area contributed by atoms with Gasteiger partial charge in [-0.15, -0.1) is 0 Å². The Labute approximate surface area is 249 Å². The molecule has 2 atom stereocenters. The second-order valence-corrected chi connectivity index (χ2v) is 12.8. The number of β-amino-alcohol motifs (C(OH)–C–C–N with tert-alkyl or cyclic N) is 1. The van der Waals surface area contributed by atoms with Gasteiger partial charge in [0, 0.05) is 59.9 Å². The Balaban J connectivity index is 1.26. The Morgan fingerprint density at radius 2 is 1.88 bits per heavy atom. The van der Waals surface area contributed by atoms with E-state index in [-0.39, 0.29) is 23.1 Å². The zero-order valence-electron chi connectivity index (χ0n) is 23.9. The highest BCUT2D eigenvalue weighted by Gasteiger charge is 2.24. The third kappa shape index (κ3) is 7.25. The predicted molar refractivity (Wildman–Crippen MR) is 162 cm³/mol. The number of aromatic nitrogens is 1. The van der Waals surface area contributed by atoms with Crippen LogP contribution in [0.25, 0.3) is 11.1 Å². The zero-order chi connectivity index (χ0) is 30.6. The summed E-state index contributed by atoms with van der Waals surface area (Å²) in [7, 11) is -3.06. The van der Waals surface area contributed by atoms with Crippen molar-refractivity contribution in [2.45, 2.75) is 37.2 Å². The Morgan fingerprint density at radius 1 is 1.09 bits per heavy atom. The number of aliphatic hydroxyl groups is 1. The van der Waals surface area contributed by atoms with Crippen molar-refractivity contribution >= 4 is 33.1 Å². The number of pyridine rings is 1. The van der Waals surface area contributed by atoms with E-state index in [1.807, 2.05) is 6.07 Å². The number of nitrogens with zero attached hydrogens (tertiary/aromatic N) is 3. The first kappa shape index (κ1) is 29.9. The van der Waals surface area contributed by atoms with Gasteiger partial charge in [-0.05, 0) is 67.3 Å². The van der Waals surface area contributed by atoms with E-state index < -0.39 is 21.7 Å². The maximum absolute atomic E-state index is 13.4. The van der Waals surface area contributed by atoms with Crippen molar-refractivity contribution < 1.29 is 28.1 Å². The second kappa shape index (κ2) is 12.7. The van der Waals surface area contributed by atoms with Crippen LogP contribution < -0.4 is 5.32 Å². The van der Waals surface area contributed by atoms with Crippen LogP contribution in [0.4, 0.5) is 5.69 Å². The molecule has 2 unspecified atom stereocenters. The van der Waals surface area contributed by atoms with Gasteiger partial charge in [0.1, 0.15) is 0 Å². The molecule has 43 heavy (non-hydrogen) atoms. The number of anilines is 1. The molecule has 0 saturated carbocycles. The lowest BCUT2D eigenvalue weighted by atomic mass is 10.1. The summed E-state index contributed by atoms with van der Waals surface area (Å²) in [5.41, 5.74) is 3.67. The minimum absolute atomic E-state index is 0.00297. The number of hydrogen-bond donors (Lipinski definition) is 2. The molecule has 3 heterocycles. The number of amides is 3. The van der Waals surface area contributed by atoms with Crippen LogP contribution in [0, 0.1) is 6.92 Å². The normalized spacial score (nSPS) is 16.0. The molecule has 0 radical (unpaired) electrons. The molecule has 1 saturated heterocycles. The van der Waals surface area contributed by atoms with Gasteiger partial charge in [-0.25, -0.2) is 4.21 Å². The minimum atomic E-state index is -3.06. The van der Waals surface area contributed by atoms with Crippen LogP contribution in [-0.4, -0.2) is 62.4 Å². The molecule has 4 aromatic rings. The van der Waals surface area contributed by atoms with Crippen LogP contribution in [-0.2, 0) is 20.9 Å². The molecule has 1 aliphatic rings. The number of aryl methyl sites for hydroxylation is 2. The van der Waals surface area contributed by atoms with E-state index >= 15 is 0 Å². The Morgan fingerprint density at radius 3 is 2.58 bits per heavy atom. The molecular formula is C32H32N4O6S. The summed E-state index contributed by atoms with van der Waals surface area (Å²) in [6.07, 6.45) is 6.81. The third-order valence-corrected chi connectivity index (χ3v) is 8.93. The van der Waals surface area contributed by atoms with Crippen molar-refractivity contribution in [3.05, 3.63) is 102 Å². The van der Waals surface area contributed by atoms with Gasteiger partial charge in [-0.1, -0.05) is 24.3 Å². The highest BCUT2D eigenvalue weighted by Crippen LogP contribution is 2.25. The molecule has 222 valence electrons. The molecule has 3 amide bonds. The largest absolute Gasteiger partial charge is 0.459 e. The number of likely N-dealkylation sites (tertiary alicyclic amines) is 1. The highest BCUT2D eigenvalue weighted by atomic mass is 32.2. The topological polar surface area (TPSA) is 142 Å². The quantitative estimate of drug-likeness (QED) is 0.298. The van der Waals surface area contributed by atoms with E-state index in [4.69, 9.17) is 4.42 Å². The lowest BCUT2D eigenvalue weighted by Gasteiger charge is -2.15. The summed E-state index contributed by atoms with van der Waals surface area (Å²) in [6.45, 7) is 2.73. The molecule has 0 bridgehead atoms. The smallest absolute Gasteiger partial charge is 0.291 e. The zero-order valence-corrected chi connectivity index (χ0v) is 24.7. The summed E-state index contributed by atoms with van der Waals surface area (Å²) >= 11 is 0. The van der Waals surface area contributed by atoms with Gasteiger partial charge >= 0.3 is 0 Å². The maximum Gasteiger partial charge on any atom is 0.291 e. The molecular weight excluding hydrogens is 568 g/mol. The Bertz CT molecular complexity index is 1790. The van der Waals surface area contributed by atoms with E-state index in [1.165, 1.54) is 18.7 Å². The molecule has 10 nitrogen and oxygen atoms in total. The fraction of sp³-hybridized carbons (Fsp3) is 0.250. The Hall–Kier alpha value is -4.61. The van der Waals surface area contributed by atoms with Crippen LogP contribution in [0.15, 0.2) is 93.0 Å². The van der Waals surface area contributed by atoms with Crippen LogP contribution >= 0.6 is 0 Å². The average Bonchev–Trinajstić information content (AvgIpc) is 3.64. The third-order valence-electron chi connectivity index (χ3n) is 7.27. The van der Waals surface area contributed by atoms with Crippen LogP contribution in [0.5, 0.6) is 0 Å². The fourth-order valence-corrected chi connectivity index (χ4v) is 6.00. The van der Waals surface area contributed by atoms with Crippen LogP contribution in [0.1, 0.15) is 44.9 Å². The minimum Gasteiger partial charge on any atom is -0.459 e. The van der Waals surface area contributed by atoms with E-state index in [0.717, 1.165) is 11.1 Å². The molecule has 2 aromatic heterocycles. The van der Waals surface area contributed by atoms with Gasteiger partial charge in [0.05, 0.1) is 27.7 Å². The first-order valence-corrected chi connectivity index (χ1v) is 15.7. The van der Waals surface area contributed by atoms with E-state index in [1.54, 1.807) is 72.6 Å². The number of hydrogen-bond acceptors (Lipinski definition) is 7. The number of aliphatic hydroxyl groups excluding tert-OH is 1. The first-order chi connectivity index (χ1) is 20.6. The van der Waals surface area contributed by atoms with Crippen molar-refractivity contribution in [1.82, 2.24) is 9.88 Å². The van der Waals surface area contributed by atoms with Gasteiger partial charge in [0.25, 0.3) is 11.8 Å². The lowest BCUT2D eigenvalue weighted by Crippen LogP contribution is -2.29. The highest BCUT2D eigenvalue weighted by molar-refractivity contribution is 7.93. The predicted octanol–water partition coefficient (Wildman–Crippen LogP) is 4.73. The van der Waals surface area contributed by atoms with Gasteiger partial charge in [0.2, 0.25) is 5.91 Å². The van der Waals surface area contributed by atoms with E-state index in [2.05, 4.69) is 14.7 Å². The van der Waals surface area contributed by atoms with Crippen LogP contribution in [0.2, 0.25) is 0 Å². The van der Waals surface area contributed by atoms with Crippen molar-refractivity contribution in [1.29, 1.82) is 0 Å². The Kier molecular flexibility index (Phi) is 8.84. The summed E-state index contributed by atoms with van der Waals surface area (Å²) in [5.74, 6) is -0.811. The summed E-state index contributed by atoms with van der Waals surface area (Å²) in [4.78, 5) is 44.2. The number of furan rings is 1. The summed E-state index contributed by atoms with van der Waals surface area (Å²) < 4.78 is 22.7. The van der Waals surface area contributed by atoms with E-state index in [0.29, 0.717) is 54.1 Å². The monoisotopic (exact) mass is 600 g/mol. The van der Waals surface area contributed by atoms with Crippen molar-refractivity contribution in [3.8, 4) is 11.1 Å². The number of nitrogens with one attached hydrogen (secondary N) is 1. The molecule has 11 heteroatoms. The molecule has 5 rings (SSSR count). The summed E-state index contributed by atoms with van der Waals surface area (Å²) in [6, 6.07) is 17.3. The lowest BCUT2D eigenvalue weighted by molar-refractivity contribution is -0.130. The summed E-state index contributed by atoms with van der Waals surface area (Å²) in [5, 5.41) is 12.4. The first-order valence-electron chi connectivity index (χ1n) is 13.8. The molecule has 2 aromatic carbocycles. The number of rotatable bonds is 8. The van der Waals surface area contributed by atoms with Gasteiger partial charge in [-0.2, -0.15) is 4.36 Å². The SMILES string of the molecule is Cc1ccoc1C(=O)Nc1cccc(-c2cncc(C(=O)N=S(C)(=O)c3ccc(CCC(=O)N4CCC(O)C4)cc3)c2)c1. The van der Waals surface area contributed by atoms with Gasteiger partial charge in [-0.3, -0.25) is 19.4 Å². The van der Waals surface area contributed by atoms with Gasteiger partial charge in [0.15, 0.2) is 5.76 Å². The van der Waals surface area contributed by atoms with Crippen LogP contribution in [0.3, 0.4) is 0 Å². The standard InChI is InChI=1S/C32H32N4O6S/c1-21-13-15-42-30(21)32(40)34-26-5-3-4-23(17-26)24-16-25(19-33-18-24)31(39)35-43(2,41)28-9-6-22(7-10-28)8-11-29(38)36-14-12-27(37)20-36/h3-7,9-10,13,15-19,27,37H,8,11-12,14,20H2,1-2H3,(H,34,40). The van der Waals surface area contributed by atoms with Gasteiger partial charge < -0.3 is 19.7 Å². The van der Waals surface area contributed by atoms with Crippen molar-refractivity contribution in [2.24, 2.45) is 4.36 Å². The molecule has 1 aliphatic heterocycles.